The zero-order chi connectivity index (χ0) is 14.0. The number of hydrogen-bond acceptors (Lipinski definition) is 5. The average Bonchev–Trinajstić information content (AvgIpc) is 2.41. The summed E-state index contributed by atoms with van der Waals surface area (Å²) in [4.78, 5) is 6.19. The van der Waals surface area contributed by atoms with Gasteiger partial charge < -0.3 is 10.6 Å². The molecular weight excluding hydrogens is 332 g/mol. The maximum atomic E-state index is 12.5. The van der Waals surface area contributed by atoms with Crippen molar-refractivity contribution in [3.8, 4) is 0 Å². The number of halogens is 1. The summed E-state index contributed by atoms with van der Waals surface area (Å²) in [5.41, 5.74) is 6.04. The normalized spacial score (nSPS) is 18.6. The number of pyridine rings is 1. The molecule has 1 aliphatic rings. The Kier molecular flexibility index (Phi) is 4.44. The van der Waals surface area contributed by atoms with Crippen molar-refractivity contribution in [1.29, 1.82) is 0 Å². The van der Waals surface area contributed by atoms with Crippen LogP contribution in [0, 0.1) is 0 Å². The molecule has 0 amide bonds. The van der Waals surface area contributed by atoms with Crippen molar-refractivity contribution in [3.63, 3.8) is 0 Å². The first-order chi connectivity index (χ1) is 8.96. The van der Waals surface area contributed by atoms with Crippen LogP contribution in [0.4, 0.5) is 5.69 Å². The molecule has 0 aromatic carbocycles. The number of sulfonamides is 1. The van der Waals surface area contributed by atoms with Crippen LogP contribution in [0.2, 0.25) is 0 Å². The van der Waals surface area contributed by atoms with Crippen LogP contribution in [-0.2, 0) is 10.0 Å². The van der Waals surface area contributed by atoms with Gasteiger partial charge in [0.2, 0.25) is 10.0 Å². The number of rotatable bonds is 3. The van der Waals surface area contributed by atoms with Crippen LogP contribution in [-0.4, -0.2) is 55.3 Å². The van der Waals surface area contributed by atoms with Crippen molar-refractivity contribution in [3.05, 3.63) is 16.9 Å². The minimum absolute atomic E-state index is 0.0758. The highest BCUT2D eigenvalue weighted by atomic mass is 79.9. The van der Waals surface area contributed by atoms with Gasteiger partial charge in [0.15, 0.2) is 0 Å². The molecule has 2 heterocycles. The molecule has 0 unspecified atom stereocenters. The number of anilines is 1. The molecule has 1 aliphatic heterocycles. The molecule has 2 rings (SSSR count). The Labute approximate surface area is 121 Å². The van der Waals surface area contributed by atoms with Gasteiger partial charge in [0.1, 0.15) is 4.90 Å². The highest BCUT2D eigenvalue weighted by Crippen LogP contribution is 2.28. The maximum absolute atomic E-state index is 12.5. The molecule has 0 aliphatic carbocycles. The summed E-state index contributed by atoms with van der Waals surface area (Å²) < 4.78 is 27.0. The lowest BCUT2D eigenvalue weighted by atomic mass is 10.4. The Morgan fingerprint density at radius 2 is 1.95 bits per heavy atom. The Morgan fingerprint density at radius 1 is 1.32 bits per heavy atom. The minimum atomic E-state index is -3.56. The van der Waals surface area contributed by atoms with Gasteiger partial charge in [-0.3, -0.25) is 4.98 Å². The van der Waals surface area contributed by atoms with E-state index in [4.69, 9.17) is 5.73 Å². The van der Waals surface area contributed by atoms with Crippen LogP contribution in [0.3, 0.4) is 0 Å². The molecular formula is C11H17BrN4O2S. The molecule has 1 saturated heterocycles. The first-order valence-electron chi connectivity index (χ1n) is 6.08. The lowest BCUT2D eigenvalue weighted by molar-refractivity contribution is 0.196. The zero-order valence-electron chi connectivity index (χ0n) is 10.7. The Balaban J connectivity index is 2.26. The first kappa shape index (κ1) is 14.7. The van der Waals surface area contributed by atoms with Gasteiger partial charge in [-0.15, -0.1) is 0 Å². The van der Waals surface area contributed by atoms with E-state index in [-0.39, 0.29) is 10.6 Å². The van der Waals surface area contributed by atoms with Crippen LogP contribution in [0.1, 0.15) is 6.92 Å². The van der Waals surface area contributed by atoms with Crippen molar-refractivity contribution >= 4 is 31.6 Å². The fraction of sp³-hybridized carbons (Fsp3) is 0.545. The third-order valence-electron chi connectivity index (χ3n) is 3.30. The quantitative estimate of drug-likeness (QED) is 0.871. The molecule has 8 heteroatoms. The second-order valence-electron chi connectivity index (χ2n) is 4.37. The second kappa shape index (κ2) is 5.74. The van der Waals surface area contributed by atoms with Gasteiger partial charge in [-0.25, -0.2) is 8.42 Å². The summed E-state index contributed by atoms with van der Waals surface area (Å²) in [6.45, 7) is 5.48. The molecule has 1 aromatic heterocycles. The van der Waals surface area contributed by atoms with Crippen LogP contribution < -0.4 is 5.73 Å². The largest absolute Gasteiger partial charge is 0.397 e. The molecule has 2 N–H and O–H groups in total. The number of likely N-dealkylation sites (N-methyl/N-ethyl adjacent to an activating group) is 1. The minimum Gasteiger partial charge on any atom is -0.397 e. The van der Waals surface area contributed by atoms with E-state index in [1.54, 1.807) is 0 Å². The molecule has 6 nitrogen and oxygen atoms in total. The van der Waals surface area contributed by atoms with Gasteiger partial charge in [-0.1, -0.05) is 6.92 Å². The molecule has 1 fully saturated rings. The lowest BCUT2D eigenvalue weighted by Crippen LogP contribution is -2.48. The molecule has 0 saturated carbocycles. The van der Waals surface area contributed by atoms with Gasteiger partial charge in [-0.05, 0) is 22.5 Å². The smallest absolute Gasteiger partial charge is 0.246 e. The summed E-state index contributed by atoms with van der Waals surface area (Å²) in [6, 6.07) is 0. The van der Waals surface area contributed by atoms with Crippen LogP contribution >= 0.6 is 15.9 Å². The summed E-state index contributed by atoms with van der Waals surface area (Å²) in [5.74, 6) is 0. The summed E-state index contributed by atoms with van der Waals surface area (Å²) >= 11 is 3.20. The van der Waals surface area contributed by atoms with E-state index in [1.165, 1.54) is 16.7 Å². The van der Waals surface area contributed by atoms with E-state index in [0.29, 0.717) is 17.6 Å². The van der Waals surface area contributed by atoms with Crippen LogP contribution in [0.25, 0.3) is 0 Å². The third kappa shape index (κ3) is 2.91. The van der Waals surface area contributed by atoms with E-state index in [9.17, 15) is 8.42 Å². The highest BCUT2D eigenvalue weighted by molar-refractivity contribution is 9.10. The second-order valence-corrected chi connectivity index (χ2v) is 7.13. The van der Waals surface area contributed by atoms with E-state index in [1.807, 2.05) is 0 Å². The number of nitrogen functional groups attached to an aromatic ring is 1. The van der Waals surface area contributed by atoms with Crippen molar-refractivity contribution in [2.45, 2.75) is 11.8 Å². The third-order valence-corrected chi connectivity index (χ3v) is 5.86. The van der Waals surface area contributed by atoms with Crippen LogP contribution in [0.5, 0.6) is 0 Å². The lowest BCUT2D eigenvalue weighted by Gasteiger charge is -2.33. The monoisotopic (exact) mass is 348 g/mol. The van der Waals surface area contributed by atoms with Crippen molar-refractivity contribution in [2.24, 2.45) is 0 Å². The van der Waals surface area contributed by atoms with E-state index < -0.39 is 10.0 Å². The molecule has 1 aromatic rings. The predicted octanol–water partition coefficient (Wildman–Crippen LogP) is 0.752. The Hall–Kier alpha value is -0.700. The summed E-state index contributed by atoms with van der Waals surface area (Å²) in [6.07, 6.45) is 2.80. The van der Waals surface area contributed by atoms with Gasteiger partial charge in [-0.2, -0.15) is 4.31 Å². The fourth-order valence-corrected chi connectivity index (χ4v) is 4.03. The van der Waals surface area contributed by atoms with Crippen molar-refractivity contribution in [2.75, 3.05) is 38.5 Å². The van der Waals surface area contributed by atoms with Crippen molar-refractivity contribution < 1.29 is 8.42 Å². The van der Waals surface area contributed by atoms with Gasteiger partial charge in [0.25, 0.3) is 0 Å². The number of hydrogen-bond donors (Lipinski definition) is 1. The first-order valence-corrected chi connectivity index (χ1v) is 8.31. The maximum Gasteiger partial charge on any atom is 0.246 e. The van der Waals surface area contributed by atoms with Gasteiger partial charge >= 0.3 is 0 Å². The summed E-state index contributed by atoms with van der Waals surface area (Å²) in [5, 5.41) is 0. The molecule has 0 spiro atoms. The van der Waals surface area contributed by atoms with Crippen molar-refractivity contribution in [1.82, 2.24) is 14.2 Å². The number of nitrogens with two attached hydrogens (primary N) is 1. The molecule has 0 atom stereocenters. The highest BCUT2D eigenvalue weighted by Gasteiger charge is 2.30. The number of piperazine rings is 1. The predicted molar refractivity (Wildman–Crippen MR) is 77.2 cm³/mol. The zero-order valence-corrected chi connectivity index (χ0v) is 13.1. The molecule has 0 bridgehead atoms. The van der Waals surface area contributed by atoms with E-state index >= 15 is 0 Å². The Bertz CT molecular complexity index is 556. The van der Waals surface area contributed by atoms with Gasteiger partial charge in [0, 0.05) is 38.6 Å². The van der Waals surface area contributed by atoms with E-state index in [0.717, 1.165) is 19.6 Å². The standard InChI is InChI=1S/C11H17BrN4O2S/c1-2-15-3-5-16(6-4-15)19(17,18)10-8-14-7-9(12)11(10)13/h7-8H,2-6H2,1H3,(H2,13,14). The topological polar surface area (TPSA) is 79.5 Å². The number of aromatic nitrogens is 1. The molecule has 19 heavy (non-hydrogen) atoms. The van der Waals surface area contributed by atoms with Gasteiger partial charge in [0.05, 0.1) is 10.2 Å². The SMILES string of the molecule is CCN1CCN(S(=O)(=O)c2cncc(Br)c2N)CC1. The number of nitrogens with zero attached hydrogens (tertiary/aromatic N) is 3. The van der Waals surface area contributed by atoms with E-state index in [2.05, 4.69) is 32.7 Å². The molecule has 0 radical (unpaired) electrons. The summed E-state index contributed by atoms with van der Waals surface area (Å²) in [7, 11) is -3.56. The van der Waals surface area contributed by atoms with Crippen LogP contribution in [0.15, 0.2) is 21.8 Å². The average molecular weight is 349 g/mol. The Morgan fingerprint density at radius 3 is 2.53 bits per heavy atom. The molecule has 106 valence electrons. The fourth-order valence-electron chi connectivity index (χ4n) is 2.06.